The number of carbonyl (C=O) groups is 1. The van der Waals surface area contributed by atoms with E-state index in [0.29, 0.717) is 35.3 Å². The number of nitrogen functional groups attached to an aromatic ring is 1. The molecule has 0 spiro atoms. The summed E-state index contributed by atoms with van der Waals surface area (Å²) in [6, 6.07) is 5.22. The summed E-state index contributed by atoms with van der Waals surface area (Å²) in [5.41, 5.74) is 9.26. The Labute approximate surface area is 171 Å². The van der Waals surface area contributed by atoms with Crippen LogP contribution in [0.2, 0.25) is 5.15 Å². The minimum Gasteiger partial charge on any atom is -0.398 e. The lowest BCUT2D eigenvalue weighted by atomic mass is 10.1. The molecule has 3 aromatic heterocycles. The number of halogens is 1. The smallest absolute Gasteiger partial charge is 0.257 e. The maximum Gasteiger partial charge on any atom is 0.257 e. The summed E-state index contributed by atoms with van der Waals surface area (Å²) >= 11 is 5.91. The van der Waals surface area contributed by atoms with E-state index < -0.39 is 0 Å². The SMILES string of the molecule is C[C@H](COCc1cc(N)c2cn(C)nc2c1)NC(=O)c1cnn2ccc(Cl)nc12. The average Bonchev–Trinajstić information content (AvgIpc) is 3.24. The topological polar surface area (TPSA) is 112 Å². The summed E-state index contributed by atoms with van der Waals surface area (Å²) in [7, 11) is 1.85. The van der Waals surface area contributed by atoms with Crippen LogP contribution in [0.1, 0.15) is 22.8 Å². The van der Waals surface area contributed by atoms with Crippen LogP contribution in [0.5, 0.6) is 0 Å². The van der Waals surface area contributed by atoms with Gasteiger partial charge in [-0.15, -0.1) is 0 Å². The predicted molar refractivity (Wildman–Crippen MR) is 110 cm³/mol. The van der Waals surface area contributed by atoms with Crippen molar-refractivity contribution in [2.45, 2.75) is 19.6 Å². The third-order valence-corrected chi connectivity index (χ3v) is 4.64. The molecule has 1 aromatic carbocycles. The summed E-state index contributed by atoms with van der Waals surface area (Å²) in [6.45, 7) is 2.56. The number of hydrogen-bond donors (Lipinski definition) is 2. The van der Waals surface area contributed by atoms with Gasteiger partial charge in [-0.2, -0.15) is 10.2 Å². The van der Waals surface area contributed by atoms with E-state index in [1.165, 1.54) is 10.7 Å². The first kappa shape index (κ1) is 19.2. The lowest BCUT2D eigenvalue weighted by Crippen LogP contribution is -2.35. The van der Waals surface area contributed by atoms with Gasteiger partial charge in [0.25, 0.3) is 5.91 Å². The monoisotopic (exact) mass is 413 g/mol. The number of nitrogens with two attached hydrogens (primary N) is 1. The maximum absolute atomic E-state index is 12.5. The molecular formula is C19H20ClN7O2. The highest BCUT2D eigenvalue weighted by Gasteiger charge is 2.16. The number of nitrogens with zero attached hydrogens (tertiary/aromatic N) is 5. The van der Waals surface area contributed by atoms with Crippen LogP contribution in [0.3, 0.4) is 0 Å². The molecule has 0 unspecified atom stereocenters. The van der Waals surface area contributed by atoms with Crippen LogP contribution in [-0.2, 0) is 18.4 Å². The molecule has 4 rings (SSSR count). The van der Waals surface area contributed by atoms with Crippen LogP contribution in [-0.4, -0.2) is 42.9 Å². The van der Waals surface area contributed by atoms with Crippen molar-refractivity contribution in [2.75, 3.05) is 12.3 Å². The van der Waals surface area contributed by atoms with Crippen molar-refractivity contribution in [2.24, 2.45) is 7.05 Å². The molecule has 150 valence electrons. The van der Waals surface area contributed by atoms with Gasteiger partial charge in [0.05, 0.1) is 24.9 Å². The van der Waals surface area contributed by atoms with Crippen LogP contribution in [0.15, 0.2) is 36.8 Å². The molecule has 29 heavy (non-hydrogen) atoms. The molecule has 0 aliphatic rings. The molecule has 3 N–H and O–H groups in total. The largest absolute Gasteiger partial charge is 0.398 e. The summed E-state index contributed by atoms with van der Waals surface area (Å²) in [4.78, 5) is 16.7. The van der Waals surface area contributed by atoms with E-state index in [1.807, 2.05) is 32.3 Å². The minimum atomic E-state index is -0.287. The van der Waals surface area contributed by atoms with Gasteiger partial charge in [-0.3, -0.25) is 9.48 Å². The van der Waals surface area contributed by atoms with Crippen molar-refractivity contribution < 1.29 is 9.53 Å². The molecule has 0 radical (unpaired) electrons. The maximum atomic E-state index is 12.5. The first-order chi connectivity index (χ1) is 13.9. The molecule has 4 aromatic rings. The molecule has 0 saturated carbocycles. The third kappa shape index (κ3) is 4.01. The van der Waals surface area contributed by atoms with Gasteiger partial charge in [-0.1, -0.05) is 11.6 Å². The third-order valence-electron chi connectivity index (χ3n) is 4.43. The fourth-order valence-electron chi connectivity index (χ4n) is 3.12. The first-order valence-electron chi connectivity index (χ1n) is 9.01. The number of aryl methyl sites for hydroxylation is 1. The quantitative estimate of drug-likeness (QED) is 0.370. The molecule has 1 atom stereocenters. The van der Waals surface area contributed by atoms with Gasteiger partial charge in [-0.05, 0) is 30.7 Å². The average molecular weight is 414 g/mol. The molecule has 9 nitrogen and oxygen atoms in total. The number of rotatable bonds is 6. The molecule has 3 heterocycles. The molecule has 0 aliphatic carbocycles. The fourth-order valence-corrected chi connectivity index (χ4v) is 3.25. The van der Waals surface area contributed by atoms with Crippen molar-refractivity contribution in [3.05, 3.63) is 53.1 Å². The van der Waals surface area contributed by atoms with E-state index in [0.717, 1.165) is 16.5 Å². The van der Waals surface area contributed by atoms with Crippen molar-refractivity contribution in [3.8, 4) is 0 Å². The number of amides is 1. The zero-order valence-corrected chi connectivity index (χ0v) is 16.7. The second kappa shape index (κ2) is 7.69. The van der Waals surface area contributed by atoms with Crippen LogP contribution < -0.4 is 11.1 Å². The zero-order valence-electron chi connectivity index (χ0n) is 16.0. The van der Waals surface area contributed by atoms with Crippen molar-refractivity contribution in [1.29, 1.82) is 0 Å². The number of anilines is 1. The van der Waals surface area contributed by atoms with Gasteiger partial charge in [-0.25, -0.2) is 9.50 Å². The number of hydrogen-bond acceptors (Lipinski definition) is 6. The first-order valence-corrected chi connectivity index (χ1v) is 9.39. The fraction of sp³-hybridized carbons (Fsp3) is 0.263. The number of ether oxygens (including phenoxy) is 1. The summed E-state index contributed by atoms with van der Waals surface area (Å²) in [5.74, 6) is -0.287. The molecule has 1 amide bonds. The number of aromatic nitrogens is 5. The molecule has 0 aliphatic heterocycles. The number of nitrogens with one attached hydrogen (secondary N) is 1. The normalized spacial score (nSPS) is 12.5. The van der Waals surface area contributed by atoms with E-state index in [4.69, 9.17) is 22.1 Å². The van der Waals surface area contributed by atoms with Crippen LogP contribution in [0.25, 0.3) is 16.6 Å². The van der Waals surface area contributed by atoms with Gasteiger partial charge >= 0.3 is 0 Å². The molecule has 0 saturated heterocycles. The van der Waals surface area contributed by atoms with E-state index in [1.54, 1.807) is 16.9 Å². The second-order valence-electron chi connectivity index (χ2n) is 6.89. The van der Waals surface area contributed by atoms with Gasteiger partial charge in [0.2, 0.25) is 0 Å². The number of benzene rings is 1. The van der Waals surface area contributed by atoms with Gasteiger partial charge in [0, 0.05) is 36.6 Å². The van der Waals surface area contributed by atoms with Crippen LogP contribution >= 0.6 is 11.6 Å². The Morgan fingerprint density at radius 2 is 2.24 bits per heavy atom. The van der Waals surface area contributed by atoms with Gasteiger partial charge in [0.1, 0.15) is 10.7 Å². The van der Waals surface area contributed by atoms with E-state index >= 15 is 0 Å². The van der Waals surface area contributed by atoms with Crippen LogP contribution in [0, 0.1) is 0 Å². The Kier molecular flexibility index (Phi) is 5.08. The number of carbonyl (C=O) groups excluding carboxylic acids is 1. The van der Waals surface area contributed by atoms with Gasteiger partial charge in [0.15, 0.2) is 5.65 Å². The van der Waals surface area contributed by atoms with E-state index in [-0.39, 0.29) is 11.9 Å². The Morgan fingerprint density at radius 1 is 1.41 bits per heavy atom. The lowest BCUT2D eigenvalue weighted by molar-refractivity contribution is 0.0822. The highest BCUT2D eigenvalue weighted by atomic mass is 35.5. The van der Waals surface area contributed by atoms with Crippen molar-refractivity contribution in [3.63, 3.8) is 0 Å². The Morgan fingerprint density at radius 3 is 3.07 bits per heavy atom. The molecular weight excluding hydrogens is 394 g/mol. The molecule has 0 bridgehead atoms. The van der Waals surface area contributed by atoms with Crippen LogP contribution in [0.4, 0.5) is 5.69 Å². The molecule has 0 fully saturated rings. The number of fused-ring (bicyclic) bond motifs is 2. The highest BCUT2D eigenvalue weighted by molar-refractivity contribution is 6.29. The van der Waals surface area contributed by atoms with E-state index in [2.05, 4.69) is 20.5 Å². The summed E-state index contributed by atoms with van der Waals surface area (Å²) in [6.07, 6.45) is 5.00. The highest BCUT2D eigenvalue weighted by Crippen LogP contribution is 2.22. The van der Waals surface area contributed by atoms with Crippen molar-refractivity contribution >= 4 is 39.7 Å². The standard InChI is InChI=1S/C19H20ClN7O2/c1-11(23-19(28)13-7-22-27-4-3-17(20)24-18(13)27)9-29-10-12-5-15(21)14-8-26(2)25-16(14)6-12/h3-8,11H,9-10,21H2,1-2H3,(H,23,28)/t11-/m1/s1. The predicted octanol–water partition coefficient (Wildman–Crippen LogP) is 2.19. The Balaban J connectivity index is 1.35. The Hall–Kier alpha value is -3.17. The summed E-state index contributed by atoms with van der Waals surface area (Å²) < 4.78 is 8.98. The minimum absolute atomic E-state index is 0.215. The van der Waals surface area contributed by atoms with Gasteiger partial charge < -0.3 is 15.8 Å². The second-order valence-corrected chi connectivity index (χ2v) is 7.27. The Bertz CT molecular complexity index is 1200. The van der Waals surface area contributed by atoms with E-state index in [9.17, 15) is 4.79 Å². The van der Waals surface area contributed by atoms with Crippen molar-refractivity contribution in [1.82, 2.24) is 29.7 Å². The summed E-state index contributed by atoms with van der Waals surface area (Å²) in [5, 5.41) is 12.6. The molecule has 10 heteroatoms. The zero-order chi connectivity index (χ0) is 20.5. The lowest BCUT2D eigenvalue weighted by Gasteiger charge is -2.14.